The zero-order valence-corrected chi connectivity index (χ0v) is 23.2. The molecule has 6 aromatic rings. The lowest BCUT2D eigenvalue weighted by Gasteiger charge is -2.20. The van der Waals surface area contributed by atoms with E-state index in [0.29, 0.717) is 11.3 Å². The molecule has 2 atom stereocenters. The van der Waals surface area contributed by atoms with Crippen molar-refractivity contribution in [3.63, 3.8) is 0 Å². The summed E-state index contributed by atoms with van der Waals surface area (Å²) >= 11 is 1.94. The molecule has 2 aliphatic rings. The van der Waals surface area contributed by atoms with Crippen LogP contribution in [0.5, 0.6) is 0 Å². The lowest BCUT2D eigenvalue weighted by molar-refractivity contribution is 0.662. The summed E-state index contributed by atoms with van der Waals surface area (Å²) in [5, 5.41) is 9.13. The van der Waals surface area contributed by atoms with Gasteiger partial charge in [0.2, 0.25) is 0 Å². The molecule has 3 nitrogen and oxygen atoms in total. The minimum atomic E-state index is 0.328. The molecule has 1 N–H and O–H groups in total. The molecular formula is C37H27N3S. The predicted octanol–water partition coefficient (Wildman–Crippen LogP) is 9.76. The molecule has 4 heteroatoms. The normalized spacial score (nSPS) is 17.6. The van der Waals surface area contributed by atoms with Crippen molar-refractivity contribution >= 4 is 39.0 Å². The number of nitrogens with one attached hydrogen (secondary N) is 1. The van der Waals surface area contributed by atoms with E-state index in [1.165, 1.54) is 26.7 Å². The average Bonchev–Trinajstić information content (AvgIpc) is 3.50. The van der Waals surface area contributed by atoms with Crippen LogP contribution in [0.1, 0.15) is 6.42 Å². The maximum absolute atomic E-state index is 5.13. The van der Waals surface area contributed by atoms with Crippen molar-refractivity contribution in [1.29, 1.82) is 0 Å². The zero-order valence-electron chi connectivity index (χ0n) is 22.4. The van der Waals surface area contributed by atoms with Crippen molar-refractivity contribution in [2.45, 2.75) is 16.7 Å². The van der Waals surface area contributed by atoms with E-state index in [2.05, 4.69) is 127 Å². The molecule has 2 unspecified atom stereocenters. The summed E-state index contributed by atoms with van der Waals surface area (Å²) in [6.07, 6.45) is 9.98. The van der Waals surface area contributed by atoms with Gasteiger partial charge in [0.15, 0.2) is 5.82 Å². The minimum absolute atomic E-state index is 0.328. The summed E-state index contributed by atoms with van der Waals surface area (Å²) in [7, 11) is 0. The molecule has 0 saturated carbocycles. The number of benzene rings is 5. The monoisotopic (exact) mass is 545 g/mol. The van der Waals surface area contributed by atoms with Gasteiger partial charge in [0.25, 0.3) is 0 Å². The Kier molecular flexibility index (Phi) is 5.93. The number of rotatable bonds is 4. The van der Waals surface area contributed by atoms with Gasteiger partial charge in [-0.1, -0.05) is 133 Å². The molecule has 2 heterocycles. The van der Waals surface area contributed by atoms with Gasteiger partial charge in [0.1, 0.15) is 0 Å². The first kappa shape index (κ1) is 24.2. The van der Waals surface area contributed by atoms with Crippen LogP contribution in [-0.4, -0.2) is 15.3 Å². The van der Waals surface area contributed by atoms with Crippen molar-refractivity contribution in [2.75, 3.05) is 5.32 Å². The molecule has 41 heavy (non-hydrogen) atoms. The molecule has 0 fully saturated rings. The third kappa shape index (κ3) is 4.32. The van der Waals surface area contributed by atoms with Crippen LogP contribution < -0.4 is 5.32 Å². The van der Waals surface area contributed by atoms with Gasteiger partial charge >= 0.3 is 0 Å². The molecule has 5 aromatic carbocycles. The third-order valence-corrected chi connectivity index (χ3v) is 9.37. The largest absolute Gasteiger partial charge is 0.371 e. The third-order valence-electron chi connectivity index (χ3n) is 8.05. The van der Waals surface area contributed by atoms with E-state index >= 15 is 0 Å². The maximum Gasteiger partial charge on any atom is 0.161 e. The van der Waals surface area contributed by atoms with Crippen LogP contribution in [-0.2, 0) is 0 Å². The summed E-state index contributed by atoms with van der Waals surface area (Å²) in [5.41, 5.74) is 6.28. The van der Waals surface area contributed by atoms with Gasteiger partial charge in [-0.3, -0.25) is 0 Å². The molecule has 1 aliphatic carbocycles. The van der Waals surface area contributed by atoms with Gasteiger partial charge in [-0.15, -0.1) is 0 Å². The van der Waals surface area contributed by atoms with Gasteiger partial charge in [-0.25, -0.2) is 9.97 Å². The predicted molar refractivity (Wildman–Crippen MR) is 173 cm³/mol. The molecule has 8 rings (SSSR count). The second-order valence-electron chi connectivity index (χ2n) is 10.6. The number of fused-ring (bicyclic) bond motifs is 5. The molecule has 196 valence electrons. The number of thioether (sulfide) groups is 1. The molecule has 0 radical (unpaired) electrons. The Balaban J connectivity index is 1.31. The maximum atomic E-state index is 5.13. The summed E-state index contributed by atoms with van der Waals surface area (Å²) in [4.78, 5) is 11.6. The smallest absolute Gasteiger partial charge is 0.161 e. The lowest BCUT2D eigenvalue weighted by Crippen LogP contribution is -2.21. The fourth-order valence-corrected chi connectivity index (χ4v) is 7.26. The molecule has 0 bridgehead atoms. The fourth-order valence-electron chi connectivity index (χ4n) is 6.01. The number of hydrogen-bond donors (Lipinski definition) is 1. The Morgan fingerprint density at radius 2 is 1.41 bits per heavy atom. The number of allylic oxidation sites excluding steroid dienone is 3. The van der Waals surface area contributed by atoms with Crippen LogP contribution in [0.2, 0.25) is 0 Å². The summed E-state index contributed by atoms with van der Waals surface area (Å²) < 4.78 is 0. The Labute approximate surface area is 243 Å². The Bertz CT molecular complexity index is 1920. The molecule has 0 amide bonds. The molecule has 0 saturated heterocycles. The van der Waals surface area contributed by atoms with Crippen LogP contribution in [0.3, 0.4) is 0 Å². The van der Waals surface area contributed by atoms with Crippen molar-refractivity contribution in [3.8, 4) is 33.9 Å². The second kappa shape index (κ2) is 10.1. The number of anilines is 1. The van der Waals surface area contributed by atoms with Gasteiger partial charge in [0, 0.05) is 32.9 Å². The van der Waals surface area contributed by atoms with Crippen molar-refractivity contribution < 1.29 is 0 Å². The van der Waals surface area contributed by atoms with Crippen molar-refractivity contribution in [1.82, 2.24) is 9.97 Å². The first-order valence-electron chi connectivity index (χ1n) is 14.1. The van der Waals surface area contributed by atoms with Crippen LogP contribution in [0.4, 0.5) is 5.69 Å². The highest BCUT2D eigenvalue weighted by atomic mass is 32.2. The summed E-state index contributed by atoms with van der Waals surface area (Å²) in [6.45, 7) is 0. The first-order chi connectivity index (χ1) is 20.3. The summed E-state index contributed by atoms with van der Waals surface area (Å²) in [6, 6.07) is 38.4. The van der Waals surface area contributed by atoms with E-state index < -0.39 is 0 Å². The number of hydrogen-bond acceptors (Lipinski definition) is 4. The first-order valence-corrected chi connectivity index (χ1v) is 14.9. The van der Waals surface area contributed by atoms with Crippen molar-refractivity contribution in [3.05, 3.63) is 133 Å². The summed E-state index contributed by atoms with van der Waals surface area (Å²) in [5.74, 6) is 1.21. The molecule has 0 spiro atoms. The van der Waals surface area contributed by atoms with Crippen LogP contribution >= 0.6 is 11.8 Å². The van der Waals surface area contributed by atoms with Gasteiger partial charge in [0.05, 0.1) is 22.4 Å². The van der Waals surface area contributed by atoms with Crippen LogP contribution in [0, 0.1) is 5.92 Å². The van der Waals surface area contributed by atoms with Gasteiger partial charge in [-0.2, -0.15) is 0 Å². The van der Waals surface area contributed by atoms with Gasteiger partial charge in [-0.05, 0) is 34.7 Å². The van der Waals surface area contributed by atoms with E-state index in [-0.39, 0.29) is 0 Å². The van der Waals surface area contributed by atoms with E-state index in [4.69, 9.17) is 9.97 Å². The molecule has 1 aromatic heterocycles. The standard InChI is InChI=1S/C37H27N3S/c1-4-11-24(12-5-1)31-23-32(25-13-6-2-7-14-25)39-36(38-31)30-18-10-17-29-28(30)21-19-26-20-22-33-35(34(26)29)40-37(41-33)27-15-8-3-9-16-27/h1-15,17-23,27,37,40H,16H2. The zero-order chi connectivity index (χ0) is 27.2. The average molecular weight is 546 g/mol. The van der Waals surface area contributed by atoms with E-state index in [0.717, 1.165) is 45.7 Å². The Hall–Kier alpha value is -4.67. The highest BCUT2D eigenvalue weighted by molar-refractivity contribution is 8.00. The number of aromatic nitrogens is 2. The van der Waals surface area contributed by atoms with E-state index in [1.54, 1.807) is 0 Å². The van der Waals surface area contributed by atoms with E-state index in [1.807, 2.05) is 23.9 Å². The van der Waals surface area contributed by atoms with Crippen LogP contribution in [0.25, 0.3) is 55.4 Å². The molecular weight excluding hydrogens is 518 g/mol. The SMILES string of the molecule is C1=CCC(C2Nc3c(ccc4ccc5c(-c6nc(-c7ccccc7)cc(-c7ccccc7)n6)cccc5c34)S2)C=C1. The quantitative estimate of drug-likeness (QED) is 0.224. The van der Waals surface area contributed by atoms with E-state index in [9.17, 15) is 0 Å². The Morgan fingerprint density at radius 3 is 2.12 bits per heavy atom. The fraction of sp³-hybridized carbons (Fsp3) is 0.0811. The minimum Gasteiger partial charge on any atom is -0.371 e. The van der Waals surface area contributed by atoms with Gasteiger partial charge < -0.3 is 5.32 Å². The van der Waals surface area contributed by atoms with Crippen LogP contribution in [0.15, 0.2) is 138 Å². The lowest BCUT2D eigenvalue weighted by atomic mass is 9.96. The Morgan fingerprint density at radius 1 is 0.683 bits per heavy atom. The highest BCUT2D eigenvalue weighted by Crippen LogP contribution is 2.48. The topological polar surface area (TPSA) is 37.8 Å². The van der Waals surface area contributed by atoms with Crippen molar-refractivity contribution in [2.24, 2.45) is 5.92 Å². The highest BCUT2D eigenvalue weighted by Gasteiger charge is 2.29. The number of nitrogens with zero attached hydrogens (tertiary/aromatic N) is 2. The molecule has 1 aliphatic heterocycles. The second-order valence-corrected chi connectivity index (χ2v) is 11.8.